The van der Waals surface area contributed by atoms with Gasteiger partial charge in [0.1, 0.15) is 0 Å². The molecule has 0 aromatic carbocycles. The molecule has 204 valence electrons. The molecule has 4 nitrogen and oxygen atoms in total. The quantitative estimate of drug-likeness (QED) is 0.404. The lowest BCUT2D eigenvalue weighted by Gasteiger charge is -2.70. The van der Waals surface area contributed by atoms with Crippen LogP contribution in [0.15, 0.2) is 0 Å². The van der Waals surface area contributed by atoms with E-state index in [4.69, 9.17) is 4.74 Å². The van der Waals surface area contributed by atoms with E-state index >= 15 is 0 Å². The second-order valence-corrected chi connectivity index (χ2v) is 15.5. The van der Waals surface area contributed by atoms with Crippen LogP contribution >= 0.6 is 0 Å². The van der Waals surface area contributed by atoms with E-state index in [1.54, 1.807) is 0 Å². The second-order valence-electron chi connectivity index (χ2n) is 15.5. The molecule has 4 saturated carbocycles. The largest absolute Gasteiger partial charge is 0.393 e. The van der Waals surface area contributed by atoms with Crippen LogP contribution in [0.5, 0.6) is 0 Å². The Bertz CT molecular complexity index is 787. The maximum absolute atomic E-state index is 11.9. The Hall–Kier alpha value is -0.160. The van der Waals surface area contributed by atoms with Gasteiger partial charge >= 0.3 is 0 Å². The molecule has 0 aromatic rings. The van der Waals surface area contributed by atoms with Crippen LogP contribution in [-0.2, 0) is 4.74 Å². The summed E-state index contributed by atoms with van der Waals surface area (Å²) in [7, 11) is 1.85. The SMILES string of the molecule is CO[C@](C)(CCCC(C)(C)O)[C@H]1CC[C@]2(C)[C@@H]1[C@H](O)C[C@@H]1[C@@]3(C)CC[C@H](O)C(C)(C)[C@@H]3CC[C@]12C. The van der Waals surface area contributed by atoms with Gasteiger partial charge in [-0.2, -0.15) is 0 Å². The first-order chi connectivity index (χ1) is 16.0. The van der Waals surface area contributed by atoms with Gasteiger partial charge in [-0.15, -0.1) is 0 Å². The Labute approximate surface area is 215 Å². The van der Waals surface area contributed by atoms with Gasteiger partial charge in [-0.05, 0) is 130 Å². The van der Waals surface area contributed by atoms with Crippen LogP contribution in [0.4, 0.5) is 0 Å². The van der Waals surface area contributed by atoms with Gasteiger partial charge in [-0.25, -0.2) is 0 Å². The van der Waals surface area contributed by atoms with E-state index in [0.29, 0.717) is 17.8 Å². The maximum Gasteiger partial charge on any atom is 0.0682 e. The van der Waals surface area contributed by atoms with E-state index in [1.807, 2.05) is 21.0 Å². The van der Waals surface area contributed by atoms with E-state index in [0.717, 1.165) is 51.4 Å². The minimum Gasteiger partial charge on any atom is -0.393 e. The summed E-state index contributed by atoms with van der Waals surface area (Å²) in [6, 6.07) is 0. The number of hydrogen-bond donors (Lipinski definition) is 3. The zero-order valence-electron chi connectivity index (χ0n) is 24.3. The molecule has 4 rings (SSSR count). The molecule has 4 aliphatic carbocycles. The predicted molar refractivity (Wildman–Crippen MR) is 142 cm³/mol. The van der Waals surface area contributed by atoms with Crippen molar-refractivity contribution in [2.75, 3.05) is 7.11 Å². The molecule has 4 heteroatoms. The fraction of sp³-hybridized carbons (Fsp3) is 1.00. The molecule has 35 heavy (non-hydrogen) atoms. The third-order valence-corrected chi connectivity index (χ3v) is 13.1. The van der Waals surface area contributed by atoms with Crippen molar-refractivity contribution < 1.29 is 20.1 Å². The number of aliphatic hydroxyl groups is 3. The molecule has 10 atom stereocenters. The minimum absolute atomic E-state index is 0.0651. The molecular formula is C31H56O4. The van der Waals surface area contributed by atoms with Crippen LogP contribution < -0.4 is 0 Å². The lowest BCUT2D eigenvalue weighted by atomic mass is 9.35. The number of methoxy groups -OCH3 is 1. The van der Waals surface area contributed by atoms with Crippen molar-refractivity contribution in [3.63, 3.8) is 0 Å². The van der Waals surface area contributed by atoms with Crippen LogP contribution in [0.1, 0.15) is 120 Å². The van der Waals surface area contributed by atoms with Gasteiger partial charge in [0.2, 0.25) is 0 Å². The van der Waals surface area contributed by atoms with Gasteiger partial charge in [0.15, 0.2) is 0 Å². The molecule has 3 N–H and O–H groups in total. The molecular weight excluding hydrogens is 436 g/mol. The smallest absolute Gasteiger partial charge is 0.0682 e. The average Bonchev–Trinajstić information content (AvgIpc) is 3.12. The molecule has 0 amide bonds. The maximum atomic E-state index is 11.9. The lowest BCUT2D eigenvalue weighted by molar-refractivity contribution is -0.247. The number of aliphatic hydroxyl groups excluding tert-OH is 2. The number of rotatable bonds is 6. The van der Waals surface area contributed by atoms with Gasteiger partial charge in [-0.1, -0.05) is 34.6 Å². The van der Waals surface area contributed by atoms with Crippen molar-refractivity contribution >= 4 is 0 Å². The van der Waals surface area contributed by atoms with E-state index in [1.165, 1.54) is 12.8 Å². The van der Waals surface area contributed by atoms with E-state index < -0.39 is 5.60 Å². The molecule has 0 spiro atoms. The van der Waals surface area contributed by atoms with Crippen LogP contribution in [0.3, 0.4) is 0 Å². The first-order valence-corrected chi connectivity index (χ1v) is 14.6. The Balaban J connectivity index is 1.65. The summed E-state index contributed by atoms with van der Waals surface area (Å²) in [6.45, 7) is 18.2. The van der Waals surface area contributed by atoms with Crippen molar-refractivity contribution in [1.29, 1.82) is 0 Å². The molecule has 4 aliphatic rings. The highest BCUT2D eigenvalue weighted by Crippen LogP contribution is 2.75. The summed E-state index contributed by atoms with van der Waals surface area (Å²) in [4.78, 5) is 0. The number of ether oxygens (including phenoxy) is 1. The Morgan fingerprint density at radius 2 is 1.46 bits per heavy atom. The Morgan fingerprint density at radius 1 is 0.829 bits per heavy atom. The topological polar surface area (TPSA) is 69.9 Å². The molecule has 4 fully saturated rings. The zero-order chi connectivity index (χ0) is 26.2. The molecule has 0 aliphatic heterocycles. The number of hydrogen-bond acceptors (Lipinski definition) is 4. The van der Waals surface area contributed by atoms with Crippen LogP contribution in [0.25, 0.3) is 0 Å². The standard InChI is InChI=1S/C31H56O4/c1-26(2,34)14-10-15-31(8,35-9)20-11-17-30(7)25(20)21(32)19-23-28(5)16-13-24(33)27(3,4)22(28)12-18-29(23,30)6/h20-25,32-34H,10-19H2,1-9H3/t20-,21+,22-,23+,24-,25-,28-,29+,30+,31+/m0/s1. The second kappa shape index (κ2) is 8.68. The summed E-state index contributed by atoms with van der Waals surface area (Å²) in [5, 5.41) is 33.1. The van der Waals surface area contributed by atoms with Gasteiger partial charge in [0.05, 0.1) is 23.4 Å². The summed E-state index contributed by atoms with van der Waals surface area (Å²) in [5.41, 5.74) is -0.555. The molecule has 0 aromatic heterocycles. The van der Waals surface area contributed by atoms with E-state index in [2.05, 4.69) is 41.5 Å². The fourth-order valence-corrected chi connectivity index (χ4v) is 10.7. The van der Waals surface area contributed by atoms with Crippen LogP contribution in [0.2, 0.25) is 0 Å². The molecule has 0 saturated heterocycles. The van der Waals surface area contributed by atoms with Crippen molar-refractivity contribution in [1.82, 2.24) is 0 Å². The number of fused-ring (bicyclic) bond motifs is 5. The Kier molecular flexibility index (Phi) is 6.91. The van der Waals surface area contributed by atoms with Crippen molar-refractivity contribution in [2.24, 2.45) is 45.3 Å². The van der Waals surface area contributed by atoms with Gasteiger partial charge in [0.25, 0.3) is 0 Å². The van der Waals surface area contributed by atoms with Gasteiger partial charge < -0.3 is 20.1 Å². The van der Waals surface area contributed by atoms with E-state index in [9.17, 15) is 15.3 Å². The molecule has 0 unspecified atom stereocenters. The average molecular weight is 493 g/mol. The summed E-state index contributed by atoms with van der Waals surface area (Å²) < 4.78 is 6.27. The first kappa shape index (κ1) is 27.9. The van der Waals surface area contributed by atoms with Crippen LogP contribution in [0, 0.1) is 45.3 Å². The molecule has 0 radical (unpaired) electrons. The van der Waals surface area contributed by atoms with Crippen molar-refractivity contribution in [3.8, 4) is 0 Å². The molecule has 0 bridgehead atoms. The summed E-state index contributed by atoms with van der Waals surface area (Å²) in [5.74, 6) is 1.58. The fourth-order valence-electron chi connectivity index (χ4n) is 10.7. The highest BCUT2D eigenvalue weighted by atomic mass is 16.5. The minimum atomic E-state index is -0.653. The highest BCUT2D eigenvalue weighted by Gasteiger charge is 2.71. The highest BCUT2D eigenvalue weighted by molar-refractivity contribution is 5.20. The third kappa shape index (κ3) is 4.07. The zero-order valence-corrected chi connectivity index (χ0v) is 24.3. The van der Waals surface area contributed by atoms with Crippen molar-refractivity contribution in [3.05, 3.63) is 0 Å². The van der Waals surface area contributed by atoms with E-state index in [-0.39, 0.29) is 45.4 Å². The monoisotopic (exact) mass is 492 g/mol. The normalized spacial score (nSPS) is 49.0. The predicted octanol–water partition coefficient (Wildman–Crippen LogP) is 6.35. The van der Waals surface area contributed by atoms with Gasteiger partial charge in [0, 0.05) is 7.11 Å². The summed E-state index contributed by atoms with van der Waals surface area (Å²) >= 11 is 0. The lowest BCUT2D eigenvalue weighted by Crippen LogP contribution is -2.66. The van der Waals surface area contributed by atoms with Gasteiger partial charge in [-0.3, -0.25) is 0 Å². The van der Waals surface area contributed by atoms with Crippen molar-refractivity contribution in [2.45, 2.75) is 143 Å². The molecule has 0 heterocycles. The van der Waals surface area contributed by atoms with Crippen LogP contribution in [-0.4, -0.2) is 45.8 Å². The first-order valence-electron chi connectivity index (χ1n) is 14.6. The summed E-state index contributed by atoms with van der Waals surface area (Å²) in [6.07, 6.45) is 9.59. The third-order valence-electron chi connectivity index (χ3n) is 13.1. The Morgan fingerprint density at radius 3 is 2.06 bits per heavy atom.